The zero-order valence-electron chi connectivity index (χ0n) is 14.2. The van der Waals surface area contributed by atoms with Gasteiger partial charge in [-0.2, -0.15) is 0 Å². The molecule has 0 atom stereocenters. The van der Waals surface area contributed by atoms with Crippen molar-refractivity contribution in [2.45, 2.75) is 18.7 Å². The summed E-state index contributed by atoms with van der Waals surface area (Å²) in [6.07, 6.45) is 1.53. The molecule has 0 fully saturated rings. The van der Waals surface area contributed by atoms with Crippen LogP contribution in [-0.2, 0) is 10.0 Å². The molecule has 0 radical (unpaired) electrons. The summed E-state index contributed by atoms with van der Waals surface area (Å²) in [6, 6.07) is 12.2. The van der Waals surface area contributed by atoms with E-state index in [9.17, 15) is 13.2 Å². The molecule has 2 aromatic heterocycles. The van der Waals surface area contributed by atoms with E-state index >= 15 is 0 Å². The molecule has 0 aliphatic rings. The van der Waals surface area contributed by atoms with Gasteiger partial charge in [0.15, 0.2) is 0 Å². The van der Waals surface area contributed by atoms with Crippen LogP contribution < -0.4 is 10.0 Å². The van der Waals surface area contributed by atoms with Crippen molar-refractivity contribution in [1.29, 1.82) is 0 Å². The molecule has 0 bridgehead atoms. The average Bonchev–Trinajstić information content (AvgIpc) is 3.08. The summed E-state index contributed by atoms with van der Waals surface area (Å²) in [6.45, 7) is 3.73. The smallest absolute Gasteiger partial charge is 0.265 e. The number of carbonyl (C=O) groups is 1. The monoisotopic (exact) mass is 387 g/mol. The fourth-order valence-corrected chi connectivity index (χ4v) is 4.43. The highest BCUT2D eigenvalue weighted by Crippen LogP contribution is 2.23. The first-order chi connectivity index (χ1) is 12.3. The van der Waals surface area contributed by atoms with E-state index in [0.29, 0.717) is 10.6 Å². The number of rotatable bonds is 5. The molecule has 1 amide bonds. The first-order valence-corrected chi connectivity index (χ1v) is 10.1. The maximum absolute atomic E-state index is 12.5. The van der Waals surface area contributed by atoms with E-state index in [4.69, 9.17) is 0 Å². The molecule has 0 saturated heterocycles. The summed E-state index contributed by atoms with van der Waals surface area (Å²) in [4.78, 5) is 16.7. The van der Waals surface area contributed by atoms with Crippen LogP contribution >= 0.6 is 11.3 Å². The molecular formula is C18H17N3O3S2. The maximum Gasteiger partial charge on any atom is 0.265 e. The fraction of sp³-hybridized carbons (Fsp3) is 0.111. The number of anilines is 2. The Hall–Kier alpha value is -2.71. The van der Waals surface area contributed by atoms with E-state index in [2.05, 4.69) is 15.0 Å². The summed E-state index contributed by atoms with van der Waals surface area (Å²) in [5.41, 5.74) is 2.51. The van der Waals surface area contributed by atoms with E-state index in [1.54, 1.807) is 18.2 Å². The van der Waals surface area contributed by atoms with Gasteiger partial charge in [0.1, 0.15) is 5.82 Å². The topological polar surface area (TPSA) is 88.2 Å². The number of nitrogens with zero attached hydrogens (tertiary/aromatic N) is 1. The van der Waals surface area contributed by atoms with E-state index in [0.717, 1.165) is 22.5 Å². The van der Waals surface area contributed by atoms with Crippen molar-refractivity contribution in [2.75, 3.05) is 10.0 Å². The Morgan fingerprint density at radius 3 is 2.62 bits per heavy atom. The molecule has 134 valence electrons. The second-order valence-corrected chi connectivity index (χ2v) is 8.33. The van der Waals surface area contributed by atoms with E-state index < -0.39 is 10.0 Å². The lowest BCUT2D eigenvalue weighted by molar-refractivity contribution is 0.103. The molecule has 0 saturated carbocycles. The summed E-state index contributed by atoms with van der Waals surface area (Å²) < 4.78 is 27.4. The van der Waals surface area contributed by atoms with Crippen LogP contribution in [0.4, 0.5) is 11.5 Å². The number of sulfonamides is 1. The van der Waals surface area contributed by atoms with Crippen molar-refractivity contribution in [2.24, 2.45) is 0 Å². The van der Waals surface area contributed by atoms with E-state index in [1.807, 2.05) is 32.0 Å². The molecule has 0 unspecified atom stereocenters. The van der Waals surface area contributed by atoms with Crippen LogP contribution in [0.3, 0.4) is 0 Å². The Morgan fingerprint density at radius 1 is 1.12 bits per heavy atom. The Kier molecular flexibility index (Phi) is 5.06. The van der Waals surface area contributed by atoms with Crippen LogP contribution in [0.25, 0.3) is 0 Å². The average molecular weight is 387 g/mol. The normalized spacial score (nSPS) is 11.2. The highest BCUT2D eigenvalue weighted by atomic mass is 32.2. The molecule has 3 rings (SSSR count). The van der Waals surface area contributed by atoms with Gasteiger partial charge in [-0.25, -0.2) is 13.4 Å². The number of carbonyl (C=O) groups excluding carboxylic acids is 1. The number of hydrogen-bond acceptors (Lipinski definition) is 5. The third kappa shape index (κ3) is 4.09. The van der Waals surface area contributed by atoms with Crippen molar-refractivity contribution in [1.82, 2.24) is 4.98 Å². The molecule has 2 heterocycles. The third-order valence-electron chi connectivity index (χ3n) is 3.66. The molecule has 6 nitrogen and oxygen atoms in total. The standard InChI is InChI=1S/C18H17N3O3S2/c1-12-7-8-19-17(9-12)21-26(23,24)14-10-16(25-11-14)18(22)20-15-6-4-3-5-13(15)2/h3-11H,1-2H3,(H,19,21)(H,20,22). The Labute approximate surface area is 156 Å². The molecule has 0 spiro atoms. The van der Waals surface area contributed by atoms with Crippen molar-refractivity contribution in [3.8, 4) is 0 Å². The zero-order chi connectivity index (χ0) is 18.7. The number of amides is 1. The third-order valence-corrected chi connectivity index (χ3v) is 6.07. The number of benzene rings is 1. The molecule has 8 heteroatoms. The lowest BCUT2D eigenvalue weighted by Gasteiger charge is -2.07. The Bertz CT molecular complexity index is 1060. The Morgan fingerprint density at radius 2 is 1.88 bits per heavy atom. The first-order valence-electron chi connectivity index (χ1n) is 7.76. The number of para-hydroxylation sites is 1. The number of aromatic nitrogens is 1. The van der Waals surface area contributed by atoms with Crippen LogP contribution in [0.1, 0.15) is 20.8 Å². The van der Waals surface area contributed by atoms with Gasteiger partial charge in [0.05, 0.1) is 9.77 Å². The zero-order valence-corrected chi connectivity index (χ0v) is 15.8. The summed E-state index contributed by atoms with van der Waals surface area (Å²) in [5.74, 6) is -0.110. The molecule has 3 aromatic rings. The molecule has 26 heavy (non-hydrogen) atoms. The van der Waals surface area contributed by atoms with Gasteiger partial charge in [-0.05, 0) is 49.2 Å². The number of nitrogens with one attached hydrogen (secondary N) is 2. The number of hydrogen-bond donors (Lipinski definition) is 2. The van der Waals surface area contributed by atoms with Crippen molar-refractivity contribution in [3.05, 3.63) is 70.0 Å². The molecule has 1 aromatic carbocycles. The predicted octanol–water partition coefficient (Wildman–Crippen LogP) is 3.81. The second-order valence-electron chi connectivity index (χ2n) is 5.74. The van der Waals surface area contributed by atoms with Crippen LogP contribution in [0.2, 0.25) is 0 Å². The lowest BCUT2D eigenvalue weighted by Crippen LogP contribution is -2.14. The number of pyridine rings is 1. The van der Waals surface area contributed by atoms with Gasteiger partial charge in [0, 0.05) is 17.3 Å². The van der Waals surface area contributed by atoms with Crippen LogP contribution in [-0.4, -0.2) is 19.3 Å². The fourth-order valence-electron chi connectivity index (χ4n) is 2.26. The molecule has 0 aliphatic carbocycles. The van der Waals surface area contributed by atoms with Gasteiger partial charge in [0.25, 0.3) is 15.9 Å². The number of thiophene rings is 1. The minimum Gasteiger partial charge on any atom is -0.321 e. The maximum atomic E-state index is 12.5. The predicted molar refractivity (Wildman–Crippen MR) is 103 cm³/mol. The molecule has 2 N–H and O–H groups in total. The highest BCUT2D eigenvalue weighted by molar-refractivity contribution is 7.92. The minimum atomic E-state index is -3.81. The second kappa shape index (κ2) is 7.27. The van der Waals surface area contributed by atoms with Crippen molar-refractivity contribution >= 4 is 38.8 Å². The van der Waals surface area contributed by atoms with E-state index in [-0.39, 0.29) is 16.6 Å². The molecular weight excluding hydrogens is 370 g/mol. The summed E-state index contributed by atoms with van der Waals surface area (Å²) in [7, 11) is -3.81. The minimum absolute atomic E-state index is 0.0285. The van der Waals surface area contributed by atoms with Gasteiger partial charge in [-0.15, -0.1) is 11.3 Å². The van der Waals surface area contributed by atoms with Crippen molar-refractivity contribution < 1.29 is 13.2 Å². The van der Waals surface area contributed by atoms with Gasteiger partial charge in [-0.3, -0.25) is 9.52 Å². The Balaban J connectivity index is 1.78. The number of aryl methyl sites for hydroxylation is 2. The van der Waals surface area contributed by atoms with Crippen LogP contribution in [0.5, 0.6) is 0 Å². The van der Waals surface area contributed by atoms with E-state index in [1.165, 1.54) is 17.6 Å². The SMILES string of the molecule is Cc1ccnc(NS(=O)(=O)c2csc(C(=O)Nc3ccccc3C)c2)c1. The largest absolute Gasteiger partial charge is 0.321 e. The summed E-state index contributed by atoms with van der Waals surface area (Å²) in [5, 5.41) is 4.23. The first kappa shape index (κ1) is 18.1. The van der Waals surface area contributed by atoms with Gasteiger partial charge in [-0.1, -0.05) is 18.2 Å². The van der Waals surface area contributed by atoms with Gasteiger partial charge in [0.2, 0.25) is 0 Å². The van der Waals surface area contributed by atoms with Gasteiger partial charge >= 0.3 is 0 Å². The highest BCUT2D eigenvalue weighted by Gasteiger charge is 2.20. The van der Waals surface area contributed by atoms with Crippen molar-refractivity contribution in [3.63, 3.8) is 0 Å². The summed E-state index contributed by atoms with van der Waals surface area (Å²) >= 11 is 1.07. The van der Waals surface area contributed by atoms with Crippen LogP contribution in [0, 0.1) is 13.8 Å². The molecule has 0 aliphatic heterocycles. The van der Waals surface area contributed by atoms with Gasteiger partial charge < -0.3 is 5.32 Å². The quantitative estimate of drug-likeness (QED) is 0.697. The lowest BCUT2D eigenvalue weighted by atomic mass is 10.2. The van der Waals surface area contributed by atoms with Crippen LogP contribution in [0.15, 0.2) is 58.9 Å².